The van der Waals surface area contributed by atoms with Crippen molar-refractivity contribution in [1.82, 2.24) is 4.72 Å². The first kappa shape index (κ1) is 13.0. The summed E-state index contributed by atoms with van der Waals surface area (Å²) in [6, 6.07) is 4.01. The topological polar surface area (TPSA) is 92.4 Å². The molecular weight excluding hydrogens is 228 g/mol. The highest BCUT2D eigenvalue weighted by molar-refractivity contribution is 7.89. The molecular formula is C10H16N2O3S. The number of sulfonamides is 1. The quantitative estimate of drug-likeness (QED) is 0.661. The van der Waals surface area contributed by atoms with Crippen LogP contribution in [0.2, 0.25) is 0 Å². The van der Waals surface area contributed by atoms with Crippen LogP contribution in [0.15, 0.2) is 23.1 Å². The Labute approximate surface area is 95.3 Å². The third kappa shape index (κ3) is 2.94. The largest absolute Gasteiger partial charge is 0.398 e. The molecule has 4 N–H and O–H groups in total. The number of rotatable bonds is 4. The maximum atomic E-state index is 11.8. The molecule has 90 valence electrons. The van der Waals surface area contributed by atoms with Crippen molar-refractivity contribution < 1.29 is 13.5 Å². The first-order chi connectivity index (χ1) is 7.36. The smallest absolute Gasteiger partial charge is 0.240 e. The van der Waals surface area contributed by atoms with Gasteiger partial charge in [-0.15, -0.1) is 0 Å². The Bertz CT molecular complexity index is 471. The first-order valence-electron chi connectivity index (χ1n) is 4.86. The molecule has 0 saturated heterocycles. The van der Waals surface area contributed by atoms with Gasteiger partial charge in [0.2, 0.25) is 10.0 Å². The summed E-state index contributed by atoms with van der Waals surface area (Å²) in [5.74, 6) is 0. The minimum absolute atomic E-state index is 0.107. The van der Waals surface area contributed by atoms with Crippen molar-refractivity contribution in [3.05, 3.63) is 23.8 Å². The van der Waals surface area contributed by atoms with E-state index in [-0.39, 0.29) is 11.5 Å². The Morgan fingerprint density at radius 1 is 1.50 bits per heavy atom. The van der Waals surface area contributed by atoms with Crippen LogP contribution in [0, 0.1) is 6.92 Å². The van der Waals surface area contributed by atoms with Crippen molar-refractivity contribution in [3.8, 4) is 0 Å². The zero-order chi connectivity index (χ0) is 12.3. The second-order valence-corrected chi connectivity index (χ2v) is 5.44. The molecule has 1 atom stereocenters. The lowest BCUT2D eigenvalue weighted by atomic mass is 10.2. The van der Waals surface area contributed by atoms with Gasteiger partial charge in [0, 0.05) is 11.7 Å². The van der Waals surface area contributed by atoms with Gasteiger partial charge in [-0.3, -0.25) is 0 Å². The molecule has 1 aromatic carbocycles. The van der Waals surface area contributed by atoms with Crippen molar-refractivity contribution in [1.29, 1.82) is 0 Å². The fourth-order valence-electron chi connectivity index (χ4n) is 1.16. The lowest BCUT2D eigenvalue weighted by Gasteiger charge is -2.12. The lowest BCUT2D eigenvalue weighted by molar-refractivity contribution is 0.265. The Balaban J connectivity index is 3.03. The highest BCUT2D eigenvalue weighted by atomic mass is 32.2. The van der Waals surface area contributed by atoms with Crippen molar-refractivity contribution >= 4 is 15.7 Å². The van der Waals surface area contributed by atoms with E-state index in [9.17, 15) is 8.42 Å². The van der Waals surface area contributed by atoms with Gasteiger partial charge in [0.15, 0.2) is 0 Å². The Morgan fingerprint density at radius 3 is 2.62 bits per heavy atom. The van der Waals surface area contributed by atoms with E-state index >= 15 is 0 Å². The normalized spacial score (nSPS) is 13.7. The number of aliphatic hydroxyl groups is 1. The third-order valence-corrected chi connectivity index (χ3v) is 3.78. The van der Waals surface area contributed by atoms with Crippen LogP contribution in [-0.4, -0.2) is 26.2 Å². The second-order valence-electron chi connectivity index (χ2n) is 3.72. The molecule has 0 aliphatic rings. The van der Waals surface area contributed by atoms with E-state index in [1.807, 2.05) is 0 Å². The first-order valence-corrected chi connectivity index (χ1v) is 6.34. The summed E-state index contributed by atoms with van der Waals surface area (Å²) in [6.07, 6.45) is 0. The molecule has 6 heteroatoms. The molecule has 1 rings (SSSR count). The van der Waals surface area contributed by atoms with E-state index in [1.165, 1.54) is 12.1 Å². The number of hydrogen-bond acceptors (Lipinski definition) is 4. The number of nitrogen functional groups attached to an aromatic ring is 1. The summed E-state index contributed by atoms with van der Waals surface area (Å²) in [5, 5.41) is 8.79. The molecule has 5 nitrogen and oxygen atoms in total. The highest BCUT2D eigenvalue weighted by Gasteiger charge is 2.17. The van der Waals surface area contributed by atoms with Crippen LogP contribution < -0.4 is 10.5 Å². The third-order valence-electron chi connectivity index (χ3n) is 2.19. The van der Waals surface area contributed by atoms with E-state index in [0.29, 0.717) is 5.69 Å². The summed E-state index contributed by atoms with van der Waals surface area (Å²) in [4.78, 5) is 0.107. The van der Waals surface area contributed by atoms with Gasteiger partial charge < -0.3 is 10.8 Å². The van der Waals surface area contributed by atoms with Gasteiger partial charge in [0.05, 0.1) is 11.5 Å². The van der Waals surface area contributed by atoms with Gasteiger partial charge >= 0.3 is 0 Å². The maximum absolute atomic E-state index is 11.8. The molecule has 0 radical (unpaired) electrons. The Kier molecular flexibility index (Phi) is 3.90. The maximum Gasteiger partial charge on any atom is 0.240 e. The number of aliphatic hydroxyl groups excluding tert-OH is 1. The summed E-state index contributed by atoms with van der Waals surface area (Å²) in [5.41, 5.74) is 6.90. The summed E-state index contributed by atoms with van der Waals surface area (Å²) in [6.45, 7) is 3.13. The minimum Gasteiger partial charge on any atom is -0.398 e. The Morgan fingerprint density at radius 2 is 2.12 bits per heavy atom. The zero-order valence-electron chi connectivity index (χ0n) is 9.27. The molecule has 0 aliphatic carbocycles. The molecule has 0 unspecified atom stereocenters. The van der Waals surface area contributed by atoms with Crippen molar-refractivity contribution in [2.45, 2.75) is 24.8 Å². The van der Waals surface area contributed by atoms with Gasteiger partial charge in [0.25, 0.3) is 0 Å². The zero-order valence-corrected chi connectivity index (χ0v) is 10.1. The van der Waals surface area contributed by atoms with Gasteiger partial charge in [-0.1, -0.05) is 6.07 Å². The lowest BCUT2D eigenvalue weighted by Crippen LogP contribution is -2.35. The van der Waals surface area contributed by atoms with E-state index < -0.39 is 16.1 Å². The van der Waals surface area contributed by atoms with Crippen LogP contribution in [0.25, 0.3) is 0 Å². The van der Waals surface area contributed by atoms with Gasteiger partial charge in [-0.2, -0.15) is 0 Å². The SMILES string of the molecule is Cc1ccc(S(=O)(=O)N[C@H](C)CO)cc1N. The van der Waals surface area contributed by atoms with Crippen LogP contribution in [-0.2, 0) is 10.0 Å². The number of anilines is 1. The molecule has 0 heterocycles. The average molecular weight is 244 g/mol. The molecule has 0 fully saturated rings. The fraction of sp³-hybridized carbons (Fsp3) is 0.400. The molecule has 0 amide bonds. The standard InChI is InChI=1S/C10H16N2O3S/c1-7-3-4-9(5-10(7)11)16(14,15)12-8(2)6-13/h3-5,8,12-13H,6,11H2,1-2H3/t8-/m1/s1. The van der Waals surface area contributed by atoms with Crippen molar-refractivity contribution in [2.75, 3.05) is 12.3 Å². The minimum atomic E-state index is -3.60. The molecule has 16 heavy (non-hydrogen) atoms. The van der Waals surface area contributed by atoms with Crippen molar-refractivity contribution in [3.63, 3.8) is 0 Å². The van der Waals surface area contributed by atoms with E-state index in [4.69, 9.17) is 10.8 Å². The number of nitrogens with two attached hydrogens (primary N) is 1. The highest BCUT2D eigenvalue weighted by Crippen LogP contribution is 2.17. The fourth-order valence-corrected chi connectivity index (χ4v) is 2.43. The van der Waals surface area contributed by atoms with Gasteiger partial charge in [0.1, 0.15) is 0 Å². The molecule has 0 spiro atoms. The number of hydrogen-bond donors (Lipinski definition) is 3. The summed E-state index contributed by atoms with van der Waals surface area (Å²) < 4.78 is 25.9. The Hall–Kier alpha value is -1.11. The second kappa shape index (κ2) is 4.82. The number of nitrogens with one attached hydrogen (secondary N) is 1. The molecule has 1 aromatic rings. The predicted molar refractivity (Wildman–Crippen MR) is 62.5 cm³/mol. The van der Waals surface area contributed by atoms with Gasteiger partial charge in [-0.05, 0) is 31.5 Å². The van der Waals surface area contributed by atoms with E-state index in [0.717, 1.165) is 5.56 Å². The molecule has 0 saturated carbocycles. The van der Waals surface area contributed by atoms with Crippen LogP contribution in [0.4, 0.5) is 5.69 Å². The van der Waals surface area contributed by atoms with Crippen LogP contribution in [0.5, 0.6) is 0 Å². The van der Waals surface area contributed by atoms with Crippen LogP contribution in [0.1, 0.15) is 12.5 Å². The van der Waals surface area contributed by atoms with Crippen LogP contribution >= 0.6 is 0 Å². The number of aryl methyl sites for hydroxylation is 1. The predicted octanol–water partition coefficient (Wildman–Crippen LogP) is 0.236. The van der Waals surface area contributed by atoms with Crippen LogP contribution in [0.3, 0.4) is 0 Å². The monoisotopic (exact) mass is 244 g/mol. The molecule has 0 bridgehead atoms. The molecule has 0 aliphatic heterocycles. The summed E-state index contributed by atoms with van der Waals surface area (Å²) >= 11 is 0. The van der Waals surface area contributed by atoms with E-state index in [1.54, 1.807) is 19.9 Å². The molecule has 0 aromatic heterocycles. The average Bonchev–Trinajstić information content (AvgIpc) is 2.21. The van der Waals surface area contributed by atoms with Gasteiger partial charge in [-0.25, -0.2) is 13.1 Å². The van der Waals surface area contributed by atoms with E-state index in [2.05, 4.69) is 4.72 Å². The van der Waals surface area contributed by atoms with Crippen molar-refractivity contribution in [2.24, 2.45) is 0 Å². The number of benzene rings is 1. The summed E-state index contributed by atoms with van der Waals surface area (Å²) in [7, 11) is -3.60.